The molecule has 5 heteroatoms. The number of hydrogen-bond donors (Lipinski definition) is 2. The smallest absolute Gasteiger partial charge is 0.261 e. The van der Waals surface area contributed by atoms with Gasteiger partial charge in [-0.05, 0) is 30.7 Å². The number of carbonyl (C=O) groups excluding carboxylic acids is 2. The average Bonchev–Trinajstić information content (AvgIpc) is 2.71. The molecular formula is C17H14ClNO3. The topological polar surface area (TPSA) is 66.4 Å². The van der Waals surface area contributed by atoms with E-state index in [9.17, 15) is 14.7 Å². The van der Waals surface area contributed by atoms with Crippen LogP contribution < -0.4 is 5.32 Å². The first-order valence-corrected chi connectivity index (χ1v) is 7.22. The Kier molecular flexibility index (Phi) is 3.51. The maximum atomic E-state index is 12.5. The summed E-state index contributed by atoms with van der Waals surface area (Å²) in [6, 6.07) is 11.8. The quantitative estimate of drug-likeness (QED) is 0.855. The van der Waals surface area contributed by atoms with Crippen molar-refractivity contribution < 1.29 is 14.7 Å². The third-order valence-electron chi connectivity index (χ3n) is 3.91. The van der Waals surface area contributed by atoms with Crippen LogP contribution in [0.3, 0.4) is 0 Å². The Labute approximate surface area is 132 Å². The van der Waals surface area contributed by atoms with Crippen molar-refractivity contribution in [2.45, 2.75) is 18.9 Å². The summed E-state index contributed by atoms with van der Waals surface area (Å²) in [5, 5.41) is 13.8. The number of hydrogen-bond acceptors (Lipinski definition) is 3. The number of fused-ring (bicyclic) bond motifs is 1. The first-order chi connectivity index (χ1) is 10.4. The molecule has 22 heavy (non-hydrogen) atoms. The number of ketones is 1. The number of amides is 1. The maximum absolute atomic E-state index is 12.5. The van der Waals surface area contributed by atoms with E-state index in [1.54, 1.807) is 24.3 Å². The van der Waals surface area contributed by atoms with Crippen LogP contribution in [0.2, 0.25) is 5.02 Å². The highest BCUT2D eigenvalue weighted by Gasteiger charge is 2.47. The molecule has 0 spiro atoms. The highest BCUT2D eigenvalue weighted by molar-refractivity contribution is 6.31. The predicted octanol–water partition coefficient (Wildman–Crippen LogP) is 3.06. The van der Waals surface area contributed by atoms with Crippen molar-refractivity contribution in [1.29, 1.82) is 0 Å². The number of carbonyl (C=O) groups is 2. The number of anilines is 1. The van der Waals surface area contributed by atoms with Gasteiger partial charge in [0.2, 0.25) is 0 Å². The van der Waals surface area contributed by atoms with Crippen LogP contribution in [0.25, 0.3) is 0 Å². The lowest BCUT2D eigenvalue weighted by Crippen LogP contribution is -2.36. The summed E-state index contributed by atoms with van der Waals surface area (Å²) in [4.78, 5) is 24.7. The van der Waals surface area contributed by atoms with E-state index in [0.717, 1.165) is 5.56 Å². The van der Waals surface area contributed by atoms with Crippen molar-refractivity contribution in [3.63, 3.8) is 0 Å². The summed E-state index contributed by atoms with van der Waals surface area (Å²) < 4.78 is 0. The van der Waals surface area contributed by atoms with E-state index < -0.39 is 11.5 Å². The molecule has 1 amide bonds. The molecule has 0 unspecified atom stereocenters. The van der Waals surface area contributed by atoms with Gasteiger partial charge in [0.1, 0.15) is 0 Å². The molecule has 2 aromatic carbocycles. The van der Waals surface area contributed by atoms with Crippen molar-refractivity contribution in [3.8, 4) is 0 Å². The Hall–Kier alpha value is -2.17. The second kappa shape index (κ2) is 5.23. The number of benzene rings is 2. The summed E-state index contributed by atoms with van der Waals surface area (Å²) in [5.74, 6) is -0.893. The molecule has 1 aliphatic rings. The Balaban J connectivity index is 1.98. The Morgan fingerprint density at radius 2 is 2.00 bits per heavy atom. The number of rotatable bonds is 3. The third kappa shape index (κ3) is 2.30. The molecule has 0 radical (unpaired) electrons. The molecule has 0 aromatic heterocycles. The van der Waals surface area contributed by atoms with Crippen LogP contribution >= 0.6 is 11.6 Å². The summed E-state index contributed by atoms with van der Waals surface area (Å²) in [7, 11) is 0. The van der Waals surface area contributed by atoms with Gasteiger partial charge in [0.25, 0.3) is 5.91 Å². The Bertz CT molecular complexity index is 787. The maximum Gasteiger partial charge on any atom is 0.261 e. The van der Waals surface area contributed by atoms with E-state index in [4.69, 9.17) is 11.6 Å². The molecule has 1 aliphatic heterocycles. The molecule has 0 fully saturated rings. The zero-order valence-electron chi connectivity index (χ0n) is 11.9. The lowest BCUT2D eigenvalue weighted by atomic mass is 9.87. The van der Waals surface area contributed by atoms with E-state index >= 15 is 0 Å². The molecule has 2 aromatic rings. The summed E-state index contributed by atoms with van der Waals surface area (Å²) in [6.45, 7) is 1.82. The zero-order chi connectivity index (χ0) is 15.9. The first-order valence-electron chi connectivity index (χ1n) is 6.84. The fraction of sp³-hybridized carbons (Fsp3) is 0.176. The van der Waals surface area contributed by atoms with Crippen molar-refractivity contribution in [2.75, 3.05) is 5.32 Å². The number of nitrogens with one attached hydrogen (secondary N) is 1. The van der Waals surface area contributed by atoms with E-state index in [1.165, 1.54) is 6.07 Å². The van der Waals surface area contributed by atoms with E-state index in [1.807, 2.05) is 19.1 Å². The van der Waals surface area contributed by atoms with Gasteiger partial charge in [-0.1, -0.05) is 35.9 Å². The van der Waals surface area contributed by atoms with Gasteiger partial charge in [-0.25, -0.2) is 0 Å². The van der Waals surface area contributed by atoms with E-state index in [-0.39, 0.29) is 12.2 Å². The molecule has 112 valence electrons. The molecule has 2 N–H and O–H groups in total. The highest BCUT2D eigenvalue weighted by Crippen LogP contribution is 2.40. The summed E-state index contributed by atoms with van der Waals surface area (Å²) in [6.07, 6.45) is -0.322. The molecule has 0 saturated carbocycles. The third-order valence-corrected chi connectivity index (χ3v) is 4.15. The van der Waals surface area contributed by atoms with Gasteiger partial charge in [-0.15, -0.1) is 0 Å². The molecule has 1 heterocycles. The van der Waals surface area contributed by atoms with Gasteiger partial charge in [-0.2, -0.15) is 0 Å². The Morgan fingerprint density at radius 1 is 1.27 bits per heavy atom. The van der Waals surface area contributed by atoms with Crippen LogP contribution in [0.1, 0.15) is 27.9 Å². The van der Waals surface area contributed by atoms with Gasteiger partial charge in [-0.3, -0.25) is 9.59 Å². The van der Waals surface area contributed by atoms with Gasteiger partial charge in [0.05, 0.1) is 6.42 Å². The minimum atomic E-state index is -1.89. The van der Waals surface area contributed by atoms with Gasteiger partial charge >= 0.3 is 0 Å². The number of aryl methyl sites for hydroxylation is 1. The lowest BCUT2D eigenvalue weighted by molar-refractivity contribution is -0.133. The fourth-order valence-corrected chi connectivity index (χ4v) is 2.88. The standard InChI is InChI=1S/C17H14ClNO3/c1-10-4-2-3-5-12(10)15(20)9-17(22)13-8-11(18)6-7-14(13)19-16(17)21/h2-8,22H,9H2,1H3,(H,19,21)/t17-/m1/s1. The SMILES string of the molecule is Cc1ccccc1C(=O)C[C@]1(O)C(=O)Nc2ccc(Cl)cc21. The average molecular weight is 316 g/mol. The van der Waals surface area contributed by atoms with Crippen molar-refractivity contribution in [3.05, 3.63) is 64.2 Å². The van der Waals surface area contributed by atoms with E-state index in [2.05, 4.69) is 5.32 Å². The monoisotopic (exact) mass is 315 g/mol. The molecule has 0 saturated heterocycles. The molecule has 3 rings (SSSR count). The van der Waals surface area contributed by atoms with Crippen LogP contribution in [0.5, 0.6) is 0 Å². The normalized spacial score (nSPS) is 19.7. The molecule has 1 atom stereocenters. The number of aliphatic hydroxyl groups is 1. The highest BCUT2D eigenvalue weighted by atomic mass is 35.5. The number of halogens is 1. The van der Waals surface area contributed by atoms with Gasteiger partial charge in [0, 0.05) is 21.8 Å². The minimum Gasteiger partial charge on any atom is -0.375 e. The van der Waals surface area contributed by atoms with Gasteiger partial charge < -0.3 is 10.4 Å². The van der Waals surface area contributed by atoms with Crippen LogP contribution in [0.4, 0.5) is 5.69 Å². The first kappa shape index (κ1) is 14.8. The largest absolute Gasteiger partial charge is 0.375 e. The van der Waals surface area contributed by atoms with Crippen LogP contribution in [-0.2, 0) is 10.4 Å². The van der Waals surface area contributed by atoms with Crippen LogP contribution in [-0.4, -0.2) is 16.8 Å². The fourth-order valence-electron chi connectivity index (χ4n) is 2.70. The van der Waals surface area contributed by atoms with Crippen molar-refractivity contribution in [1.82, 2.24) is 0 Å². The van der Waals surface area contributed by atoms with Gasteiger partial charge in [0.15, 0.2) is 11.4 Å². The summed E-state index contributed by atoms with van der Waals surface area (Å²) in [5.41, 5.74) is 0.237. The molecular weight excluding hydrogens is 302 g/mol. The molecule has 0 bridgehead atoms. The Morgan fingerprint density at radius 3 is 2.73 bits per heavy atom. The second-order valence-corrected chi connectivity index (χ2v) is 5.86. The van der Waals surface area contributed by atoms with E-state index in [0.29, 0.717) is 21.8 Å². The summed E-state index contributed by atoms with van der Waals surface area (Å²) >= 11 is 5.94. The minimum absolute atomic E-state index is 0.288. The predicted molar refractivity (Wildman–Crippen MR) is 84.1 cm³/mol. The lowest BCUT2D eigenvalue weighted by Gasteiger charge is -2.20. The molecule has 4 nitrogen and oxygen atoms in total. The van der Waals surface area contributed by atoms with Crippen molar-refractivity contribution in [2.24, 2.45) is 0 Å². The second-order valence-electron chi connectivity index (χ2n) is 5.42. The van der Waals surface area contributed by atoms with Crippen LogP contribution in [0.15, 0.2) is 42.5 Å². The zero-order valence-corrected chi connectivity index (χ0v) is 12.6. The van der Waals surface area contributed by atoms with Crippen molar-refractivity contribution >= 4 is 29.0 Å². The number of Topliss-reactive ketones (excluding diaryl/α,β-unsaturated/α-hetero) is 1. The van der Waals surface area contributed by atoms with Crippen LogP contribution in [0, 0.1) is 6.92 Å². The molecule has 0 aliphatic carbocycles.